The molecule has 20 heavy (non-hydrogen) atoms. The third kappa shape index (κ3) is 6.33. The van der Waals surface area contributed by atoms with Crippen LogP contribution >= 0.6 is 0 Å². The number of rotatable bonds is 6. The fraction of sp³-hybridized carbons (Fsp3) is 0.467. The van der Waals surface area contributed by atoms with Gasteiger partial charge < -0.3 is 15.1 Å². The lowest BCUT2D eigenvalue weighted by molar-refractivity contribution is -0.120. The van der Waals surface area contributed by atoms with Gasteiger partial charge in [-0.1, -0.05) is 26.0 Å². The first-order valence-corrected chi connectivity index (χ1v) is 6.87. The zero-order valence-electron chi connectivity index (χ0n) is 13.0. The fourth-order valence-corrected chi connectivity index (χ4v) is 1.41. The number of carbonyl (C=O) groups excluding carboxylic acids is 1. The Bertz CT molecular complexity index is 418. The Morgan fingerprint density at radius 1 is 1.25 bits per heavy atom. The first kappa shape index (κ1) is 18.1. The molecular formula is C15H25N3O2. The molecule has 0 fully saturated rings. The van der Waals surface area contributed by atoms with Crippen molar-refractivity contribution in [1.29, 1.82) is 0 Å². The molecule has 2 N–H and O–H groups in total. The Labute approximate surface area is 121 Å². The van der Waals surface area contributed by atoms with Crippen molar-refractivity contribution in [3.8, 4) is 0 Å². The lowest BCUT2D eigenvalue weighted by Gasteiger charge is -2.00. The van der Waals surface area contributed by atoms with E-state index in [9.17, 15) is 4.79 Å². The van der Waals surface area contributed by atoms with E-state index in [4.69, 9.17) is 4.42 Å². The van der Waals surface area contributed by atoms with Crippen molar-refractivity contribution in [2.45, 2.75) is 34.2 Å². The van der Waals surface area contributed by atoms with Crippen LogP contribution in [0.5, 0.6) is 0 Å². The highest BCUT2D eigenvalue weighted by atomic mass is 16.4. The van der Waals surface area contributed by atoms with E-state index in [1.165, 1.54) is 0 Å². The summed E-state index contributed by atoms with van der Waals surface area (Å²) in [4.78, 5) is 15.6. The molecule has 0 bridgehead atoms. The van der Waals surface area contributed by atoms with Crippen molar-refractivity contribution in [3.63, 3.8) is 0 Å². The lowest BCUT2D eigenvalue weighted by atomic mass is 10.3. The number of hydrogen-bond donors (Lipinski definition) is 2. The van der Waals surface area contributed by atoms with Crippen LogP contribution in [0.2, 0.25) is 0 Å². The van der Waals surface area contributed by atoms with Crippen molar-refractivity contribution in [3.05, 3.63) is 29.5 Å². The highest BCUT2D eigenvalue weighted by Crippen LogP contribution is 2.14. The Morgan fingerprint density at radius 2 is 1.90 bits per heavy atom. The van der Waals surface area contributed by atoms with Crippen molar-refractivity contribution >= 4 is 18.1 Å². The molecule has 1 amide bonds. The van der Waals surface area contributed by atoms with Gasteiger partial charge in [0.2, 0.25) is 11.8 Å². The van der Waals surface area contributed by atoms with Gasteiger partial charge in [0.25, 0.3) is 0 Å². The van der Waals surface area contributed by atoms with E-state index >= 15 is 0 Å². The van der Waals surface area contributed by atoms with Crippen LogP contribution in [0.25, 0.3) is 12.2 Å². The fourth-order valence-electron chi connectivity index (χ4n) is 1.41. The zero-order valence-corrected chi connectivity index (χ0v) is 13.0. The predicted molar refractivity (Wildman–Crippen MR) is 83.0 cm³/mol. The number of likely N-dealkylation sites (N-methyl/N-ethyl adjacent to an activating group) is 1. The molecule has 5 heteroatoms. The molecule has 0 radical (unpaired) electrons. The minimum absolute atomic E-state index is 0.0872. The van der Waals surface area contributed by atoms with Gasteiger partial charge >= 0.3 is 0 Å². The van der Waals surface area contributed by atoms with Gasteiger partial charge in [0.15, 0.2) is 5.76 Å². The average Bonchev–Trinajstić information content (AvgIpc) is 2.82. The second-order valence-electron chi connectivity index (χ2n) is 3.66. The summed E-state index contributed by atoms with van der Waals surface area (Å²) in [5, 5.41) is 5.49. The summed E-state index contributed by atoms with van der Waals surface area (Å²) >= 11 is 0. The van der Waals surface area contributed by atoms with Gasteiger partial charge in [0.1, 0.15) is 5.69 Å². The molecule has 0 aromatic carbocycles. The summed E-state index contributed by atoms with van der Waals surface area (Å²) < 4.78 is 5.55. The summed E-state index contributed by atoms with van der Waals surface area (Å²) in [5.41, 5.74) is 0.772. The molecule has 112 valence electrons. The SMILES string of the molecule is C/C=C\c1nc(CNC(=O)CNC)oc1/C=C\C.CC. The van der Waals surface area contributed by atoms with Gasteiger partial charge in [-0.05, 0) is 33.0 Å². The van der Waals surface area contributed by atoms with Gasteiger partial charge in [0, 0.05) is 0 Å². The standard InChI is InChI=1S/C13H19N3O2.C2H6/c1-4-6-10-11(7-5-2)18-13(16-10)9-15-12(17)8-14-3;1-2/h4-7,14H,8-9H2,1-3H3,(H,15,17);1-2H3/b6-4-,7-5-;. The van der Waals surface area contributed by atoms with Crippen LogP contribution < -0.4 is 10.6 Å². The normalized spacial score (nSPS) is 10.7. The quantitative estimate of drug-likeness (QED) is 0.840. The molecule has 0 unspecified atom stereocenters. The topological polar surface area (TPSA) is 67.2 Å². The number of carbonyl (C=O) groups is 1. The van der Waals surface area contributed by atoms with Crippen molar-refractivity contribution in [2.24, 2.45) is 0 Å². The molecule has 0 aliphatic rings. The molecular weight excluding hydrogens is 254 g/mol. The number of nitrogens with one attached hydrogen (secondary N) is 2. The van der Waals surface area contributed by atoms with Crippen molar-refractivity contribution < 1.29 is 9.21 Å². The number of nitrogens with zero attached hydrogens (tertiary/aromatic N) is 1. The van der Waals surface area contributed by atoms with Crippen LogP contribution in [-0.2, 0) is 11.3 Å². The van der Waals surface area contributed by atoms with Crippen LogP contribution in [0.1, 0.15) is 45.0 Å². The smallest absolute Gasteiger partial charge is 0.234 e. The van der Waals surface area contributed by atoms with E-state index in [0.29, 0.717) is 18.2 Å². The van der Waals surface area contributed by atoms with Gasteiger partial charge in [-0.25, -0.2) is 4.98 Å². The second kappa shape index (κ2) is 11.0. The predicted octanol–water partition coefficient (Wildman–Crippen LogP) is 2.60. The Morgan fingerprint density at radius 3 is 2.45 bits per heavy atom. The maximum Gasteiger partial charge on any atom is 0.234 e. The van der Waals surface area contributed by atoms with Gasteiger partial charge in [-0.15, -0.1) is 0 Å². The number of allylic oxidation sites excluding steroid dienone is 2. The molecule has 0 atom stereocenters. The molecule has 0 aliphatic carbocycles. The first-order chi connectivity index (χ1) is 9.71. The molecule has 5 nitrogen and oxygen atoms in total. The number of amides is 1. The molecule has 0 saturated carbocycles. The molecule has 1 heterocycles. The maximum atomic E-state index is 11.3. The van der Waals surface area contributed by atoms with Crippen LogP contribution in [0.4, 0.5) is 0 Å². The summed E-state index contributed by atoms with van der Waals surface area (Å²) in [6, 6.07) is 0. The Kier molecular flexibility index (Phi) is 9.96. The Hall–Kier alpha value is -1.88. The van der Waals surface area contributed by atoms with Gasteiger partial charge in [-0.2, -0.15) is 0 Å². The van der Waals surface area contributed by atoms with E-state index in [1.807, 2.05) is 52.0 Å². The second-order valence-corrected chi connectivity index (χ2v) is 3.66. The molecule has 1 aromatic heterocycles. The summed E-state index contributed by atoms with van der Waals surface area (Å²) in [6.07, 6.45) is 7.50. The third-order valence-electron chi connectivity index (χ3n) is 2.14. The monoisotopic (exact) mass is 279 g/mol. The number of oxazole rings is 1. The highest BCUT2D eigenvalue weighted by molar-refractivity contribution is 5.77. The van der Waals surface area contributed by atoms with Crippen molar-refractivity contribution in [2.75, 3.05) is 13.6 Å². The summed E-state index contributed by atoms with van der Waals surface area (Å²) in [7, 11) is 1.72. The van der Waals surface area contributed by atoms with E-state index in [-0.39, 0.29) is 12.5 Å². The minimum Gasteiger partial charge on any atom is -0.439 e. The number of aromatic nitrogens is 1. The Balaban J connectivity index is 0.00000172. The molecule has 0 spiro atoms. The summed E-state index contributed by atoms with van der Waals surface area (Å²) in [6.45, 7) is 8.41. The highest BCUT2D eigenvalue weighted by Gasteiger charge is 2.09. The van der Waals surface area contributed by atoms with Gasteiger partial charge in [-0.3, -0.25) is 4.79 Å². The zero-order chi connectivity index (χ0) is 15.4. The largest absolute Gasteiger partial charge is 0.439 e. The van der Waals surface area contributed by atoms with Crippen LogP contribution in [-0.4, -0.2) is 24.5 Å². The van der Waals surface area contributed by atoms with Gasteiger partial charge in [0.05, 0.1) is 13.1 Å². The molecule has 0 saturated heterocycles. The molecule has 1 aromatic rings. The maximum absolute atomic E-state index is 11.3. The van der Waals surface area contributed by atoms with Crippen LogP contribution in [0.15, 0.2) is 16.6 Å². The van der Waals surface area contributed by atoms with Crippen LogP contribution in [0.3, 0.4) is 0 Å². The minimum atomic E-state index is -0.0872. The number of hydrogen-bond acceptors (Lipinski definition) is 4. The summed E-state index contributed by atoms with van der Waals surface area (Å²) in [5.74, 6) is 1.12. The van der Waals surface area contributed by atoms with Crippen LogP contribution in [0, 0.1) is 0 Å². The van der Waals surface area contributed by atoms with E-state index in [1.54, 1.807) is 7.05 Å². The first-order valence-electron chi connectivity index (χ1n) is 6.87. The van der Waals surface area contributed by atoms with E-state index in [0.717, 1.165) is 5.69 Å². The van der Waals surface area contributed by atoms with Crippen molar-refractivity contribution in [1.82, 2.24) is 15.6 Å². The molecule has 0 aliphatic heterocycles. The average molecular weight is 279 g/mol. The molecule has 1 rings (SSSR count). The third-order valence-corrected chi connectivity index (χ3v) is 2.14. The van der Waals surface area contributed by atoms with E-state index < -0.39 is 0 Å². The lowest BCUT2D eigenvalue weighted by Crippen LogP contribution is -2.31. The van der Waals surface area contributed by atoms with E-state index in [2.05, 4.69) is 15.6 Å².